The van der Waals surface area contributed by atoms with E-state index in [0.29, 0.717) is 23.9 Å². The van der Waals surface area contributed by atoms with Gasteiger partial charge in [0.25, 0.3) is 5.91 Å². The molecule has 1 amide bonds. The highest BCUT2D eigenvalue weighted by molar-refractivity contribution is 5.95. The van der Waals surface area contributed by atoms with Crippen molar-refractivity contribution in [3.8, 4) is 11.1 Å². The van der Waals surface area contributed by atoms with Crippen LogP contribution in [0.4, 0.5) is 4.39 Å². The molecular formula is C20H21FN2O. The number of likely N-dealkylation sites (tertiary alicyclic amines) is 1. The maximum atomic E-state index is 13.3. The monoisotopic (exact) mass is 324 g/mol. The quantitative estimate of drug-likeness (QED) is 0.941. The largest absolute Gasteiger partial charge is 0.337 e. The fraction of sp³-hybridized carbons (Fsp3) is 0.350. The molecule has 4 rings (SSSR count). The first-order valence-electron chi connectivity index (χ1n) is 8.52. The number of hydrogen-bond acceptors (Lipinski definition) is 2. The molecule has 0 aromatic heterocycles. The molecule has 1 aliphatic heterocycles. The molecule has 1 saturated carbocycles. The fourth-order valence-electron chi connectivity index (χ4n) is 3.70. The number of rotatable bonds is 3. The van der Waals surface area contributed by atoms with Gasteiger partial charge in [-0.05, 0) is 60.1 Å². The minimum Gasteiger partial charge on any atom is -0.337 e. The standard InChI is InChI=1S/C20H21FN2O/c21-17-3-1-2-16(10-17)13-4-8-15(9-5-13)20(24)23-11-18(14-6-7-14)19(22)12-23/h1-5,8-10,14,18-19H,6-7,11-12,22H2/t18-,19+/m0/s1. The van der Waals surface area contributed by atoms with Crippen molar-refractivity contribution in [1.82, 2.24) is 4.90 Å². The number of nitrogens with zero attached hydrogens (tertiary/aromatic N) is 1. The number of carbonyl (C=O) groups excluding carboxylic acids is 1. The van der Waals surface area contributed by atoms with E-state index in [0.717, 1.165) is 17.7 Å². The molecule has 124 valence electrons. The number of hydrogen-bond donors (Lipinski definition) is 1. The van der Waals surface area contributed by atoms with Crippen LogP contribution in [0.2, 0.25) is 0 Å². The molecule has 2 atom stereocenters. The summed E-state index contributed by atoms with van der Waals surface area (Å²) in [5.74, 6) is 0.956. The molecule has 2 aliphatic rings. The van der Waals surface area contributed by atoms with Crippen molar-refractivity contribution in [2.75, 3.05) is 13.1 Å². The lowest BCUT2D eigenvalue weighted by atomic mass is 9.99. The van der Waals surface area contributed by atoms with Crippen molar-refractivity contribution in [2.24, 2.45) is 17.6 Å². The summed E-state index contributed by atoms with van der Waals surface area (Å²) in [5, 5.41) is 0. The van der Waals surface area contributed by atoms with Gasteiger partial charge in [0.05, 0.1) is 0 Å². The average Bonchev–Trinajstić information content (AvgIpc) is 3.36. The van der Waals surface area contributed by atoms with E-state index in [1.165, 1.54) is 25.0 Å². The minimum atomic E-state index is -0.259. The Hall–Kier alpha value is -2.20. The summed E-state index contributed by atoms with van der Waals surface area (Å²) in [6.07, 6.45) is 2.51. The zero-order valence-corrected chi connectivity index (χ0v) is 13.5. The minimum absolute atomic E-state index is 0.0411. The molecule has 4 heteroatoms. The van der Waals surface area contributed by atoms with Gasteiger partial charge in [-0.3, -0.25) is 4.79 Å². The van der Waals surface area contributed by atoms with Crippen LogP contribution in [0, 0.1) is 17.7 Å². The lowest BCUT2D eigenvalue weighted by Gasteiger charge is -2.16. The molecule has 0 radical (unpaired) electrons. The Morgan fingerprint density at radius 3 is 2.46 bits per heavy atom. The van der Waals surface area contributed by atoms with Gasteiger partial charge < -0.3 is 10.6 Å². The third-order valence-corrected chi connectivity index (χ3v) is 5.22. The summed E-state index contributed by atoms with van der Waals surface area (Å²) < 4.78 is 13.3. The van der Waals surface area contributed by atoms with E-state index in [2.05, 4.69) is 0 Å². The Morgan fingerprint density at radius 1 is 1.04 bits per heavy atom. The van der Waals surface area contributed by atoms with Crippen molar-refractivity contribution in [2.45, 2.75) is 18.9 Å². The number of halogens is 1. The van der Waals surface area contributed by atoms with E-state index in [1.54, 1.807) is 6.07 Å². The Bertz CT molecular complexity index is 754. The second-order valence-corrected chi connectivity index (χ2v) is 6.96. The molecule has 24 heavy (non-hydrogen) atoms. The van der Waals surface area contributed by atoms with Gasteiger partial charge in [-0.25, -0.2) is 4.39 Å². The second kappa shape index (κ2) is 6.02. The summed E-state index contributed by atoms with van der Waals surface area (Å²) in [6, 6.07) is 14.0. The third kappa shape index (κ3) is 2.94. The van der Waals surface area contributed by atoms with E-state index in [-0.39, 0.29) is 17.8 Å². The van der Waals surface area contributed by atoms with E-state index in [4.69, 9.17) is 5.73 Å². The van der Waals surface area contributed by atoms with Crippen molar-refractivity contribution >= 4 is 5.91 Å². The van der Waals surface area contributed by atoms with Crippen LogP contribution in [0.5, 0.6) is 0 Å². The van der Waals surface area contributed by atoms with E-state index in [1.807, 2.05) is 35.2 Å². The molecular weight excluding hydrogens is 303 g/mol. The van der Waals surface area contributed by atoms with Gasteiger partial charge in [-0.15, -0.1) is 0 Å². The Balaban J connectivity index is 1.49. The summed E-state index contributed by atoms with van der Waals surface area (Å²) >= 11 is 0. The van der Waals surface area contributed by atoms with E-state index in [9.17, 15) is 9.18 Å². The molecule has 1 saturated heterocycles. The Morgan fingerprint density at radius 2 is 1.79 bits per heavy atom. The lowest BCUT2D eigenvalue weighted by Crippen LogP contribution is -2.32. The molecule has 2 N–H and O–H groups in total. The molecule has 0 spiro atoms. The summed E-state index contributed by atoms with van der Waals surface area (Å²) in [7, 11) is 0. The first-order valence-corrected chi connectivity index (χ1v) is 8.52. The van der Waals surface area contributed by atoms with Gasteiger partial charge in [0.1, 0.15) is 5.82 Å². The van der Waals surface area contributed by atoms with Gasteiger partial charge in [0, 0.05) is 24.7 Å². The maximum absolute atomic E-state index is 13.3. The number of amides is 1. The van der Waals surface area contributed by atoms with Crippen molar-refractivity contribution in [3.63, 3.8) is 0 Å². The first kappa shape index (κ1) is 15.3. The van der Waals surface area contributed by atoms with Crippen LogP contribution in [0.1, 0.15) is 23.2 Å². The van der Waals surface area contributed by atoms with Crippen molar-refractivity contribution in [3.05, 3.63) is 59.9 Å². The van der Waals surface area contributed by atoms with Crippen LogP contribution in [0.3, 0.4) is 0 Å². The highest BCUT2D eigenvalue weighted by atomic mass is 19.1. The predicted octanol–water partition coefficient (Wildman–Crippen LogP) is 3.30. The first-order chi connectivity index (χ1) is 11.6. The molecule has 0 bridgehead atoms. The second-order valence-electron chi connectivity index (χ2n) is 6.96. The van der Waals surface area contributed by atoms with Crippen LogP contribution in [-0.4, -0.2) is 29.9 Å². The van der Waals surface area contributed by atoms with Crippen LogP contribution in [0.25, 0.3) is 11.1 Å². The molecule has 1 heterocycles. The van der Waals surface area contributed by atoms with Gasteiger partial charge in [-0.1, -0.05) is 24.3 Å². The molecule has 1 aliphatic carbocycles. The van der Waals surface area contributed by atoms with Crippen LogP contribution in [0.15, 0.2) is 48.5 Å². The zero-order chi connectivity index (χ0) is 16.7. The van der Waals surface area contributed by atoms with Crippen molar-refractivity contribution < 1.29 is 9.18 Å². The molecule has 0 unspecified atom stereocenters. The Kier molecular flexibility index (Phi) is 3.85. The van der Waals surface area contributed by atoms with Crippen LogP contribution in [-0.2, 0) is 0 Å². The van der Waals surface area contributed by atoms with Crippen LogP contribution >= 0.6 is 0 Å². The summed E-state index contributed by atoms with van der Waals surface area (Å²) in [4.78, 5) is 14.6. The number of carbonyl (C=O) groups is 1. The van der Waals surface area contributed by atoms with Crippen LogP contribution < -0.4 is 5.73 Å². The summed E-state index contributed by atoms with van der Waals surface area (Å²) in [5.41, 5.74) is 8.59. The fourth-order valence-corrected chi connectivity index (χ4v) is 3.70. The SMILES string of the molecule is N[C@@H]1CN(C(=O)c2ccc(-c3cccc(F)c3)cc2)C[C@H]1C1CC1. The molecule has 2 aromatic rings. The van der Waals surface area contributed by atoms with Gasteiger partial charge in [-0.2, -0.15) is 0 Å². The highest BCUT2D eigenvalue weighted by Gasteiger charge is 2.42. The smallest absolute Gasteiger partial charge is 0.253 e. The summed E-state index contributed by atoms with van der Waals surface area (Å²) in [6.45, 7) is 1.42. The van der Waals surface area contributed by atoms with Crippen molar-refractivity contribution in [1.29, 1.82) is 0 Å². The topological polar surface area (TPSA) is 46.3 Å². The highest BCUT2D eigenvalue weighted by Crippen LogP contribution is 2.41. The Labute approximate surface area is 141 Å². The maximum Gasteiger partial charge on any atom is 0.253 e. The average molecular weight is 324 g/mol. The normalized spacial score (nSPS) is 23.5. The predicted molar refractivity (Wildman–Crippen MR) is 91.9 cm³/mol. The van der Waals surface area contributed by atoms with E-state index < -0.39 is 0 Å². The molecule has 2 fully saturated rings. The number of nitrogens with two attached hydrogens (primary N) is 1. The lowest BCUT2D eigenvalue weighted by molar-refractivity contribution is 0.0785. The van der Waals surface area contributed by atoms with Gasteiger partial charge in [0.15, 0.2) is 0 Å². The zero-order valence-electron chi connectivity index (χ0n) is 13.5. The molecule has 3 nitrogen and oxygen atoms in total. The van der Waals surface area contributed by atoms with Gasteiger partial charge >= 0.3 is 0 Å². The van der Waals surface area contributed by atoms with E-state index >= 15 is 0 Å². The molecule has 2 aromatic carbocycles. The third-order valence-electron chi connectivity index (χ3n) is 5.22. The van der Waals surface area contributed by atoms with Gasteiger partial charge in [0.2, 0.25) is 0 Å². The number of benzene rings is 2.